The van der Waals surface area contributed by atoms with Gasteiger partial charge < -0.3 is 5.11 Å². The molecule has 0 bridgehead atoms. The van der Waals surface area contributed by atoms with Crippen LogP contribution in [0.2, 0.25) is 0 Å². The van der Waals surface area contributed by atoms with Gasteiger partial charge in [-0.05, 0) is 6.42 Å². The van der Waals surface area contributed by atoms with Gasteiger partial charge in [-0.25, -0.2) is 9.90 Å². The molecule has 0 rings (SSSR count). The van der Waals surface area contributed by atoms with Crippen molar-refractivity contribution >= 4 is 5.97 Å². The van der Waals surface area contributed by atoms with Crippen LogP contribution in [-0.2, 0) is 9.90 Å². The molecule has 0 aromatic heterocycles. The largest absolute Gasteiger partial charge is 0.393 e. The van der Waals surface area contributed by atoms with E-state index in [4.69, 9.17) is 0 Å². The molecule has 17 heavy (non-hydrogen) atoms. The average Bonchev–Trinajstić information content (AvgIpc) is 2.26. The van der Waals surface area contributed by atoms with Gasteiger partial charge in [-0.2, -0.15) is 0 Å². The lowest BCUT2D eigenvalue weighted by Gasteiger charge is -2.06. The van der Waals surface area contributed by atoms with Crippen LogP contribution in [0.3, 0.4) is 0 Å². The van der Waals surface area contributed by atoms with Crippen LogP contribution in [0.5, 0.6) is 0 Å². The van der Waals surface area contributed by atoms with Gasteiger partial charge in [0.1, 0.15) is 0 Å². The van der Waals surface area contributed by atoms with Crippen molar-refractivity contribution < 1.29 is 15.0 Å². The van der Waals surface area contributed by atoms with E-state index in [0.29, 0.717) is 6.42 Å². The zero-order valence-corrected chi connectivity index (χ0v) is 11.1. The third-order valence-electron chi connectivity index (χ3n) is 3.04. The summed E-state index contributed by atoms with van der Waals surface area (Å²) in [6.07, 6.45) is 10.7. The standard InChI is InChI=1S/C14H27O3/c1-2-3-4-5-6-7-8-9-10-11-13(15)12-14(16)17/h13,15H,2-12H2,1H3/t13-/m1/s1. The van der Waals surface area contributed by atoms with Crippen molar-refractivity contribution in [3.8, 4) is 0 Å². The second kappa shape index (κ2) is 11.9. The Kier molecular flexibility index (Phi) is 11.5. The molecule has 1 radical (unpaired) electrons. The first-order valence-electron chi connectivity index (χ1n) is 7.04. The van der Waals surface area contributed by atoms with Crippen molar-refractivity contribution in [1.82, 2.24) is 0 Å². The summed E-state index contributed by atoms with van der Waals surface area (Å²) in [6.45, 7) is 2.22. The van der Waals surface area contributed by atoms with E-state index in [9.17, 15) is 15.0 Å². The maximum absolute atomic E-state index is 10.2. The van der Waals surface area contributed by atoms with Crippen LogP contribution in [-0.4, -0.2) is 17.2 Å². The Hall–Kier alpha value is -0.570. The first kappa shape index (κ1) is 16.4. The van der Waals surface area contributed by atoms with Crippen LogP contribution in [0.15, 0.2) is 0 Å². The molecule has 0 heterocycles. The van der Waals surface area contributed by atoms with E-state index < -0.39 is 12.1 Å². The average molecular weight is 243 g/mol. The lowest BCUT2D eigenvalue weighted by molar-refractivity contribution is -0.145. The van der Waals surface area contributed by atoms with Gasteiger partial charge in [0.15, 0.2) is 0 Å². The highest BCUT2D eigenvalue weighted by Gasteiger charge is 2.09. The van der Waals surface area contributed by atoms with E-state index in [0.717, 1.165) is 12.8 Å². The lowest BCUT2D eigenvalue weighted by Crippen LogP contribution is -2.11. The third-order valence-corrected chi connectivity index (χ3v) is 3.04. The third kappa shape index (κ3) is 13.4. The van der Waals surface area contributed by atoms with E-state index >= 15 is 0 Å². The minimum atomic E-state index is -1.16. The SMILES string of the molecule is CCCCCCCCCCC[C@@H](O)CC([O])=O. The van der Waals surface area contributed by atoms with E-state index in [1.807, 2.05) is 0 Å². The first-order valence-corrected chi connectivity index (χ1v) is 7.04. The quantitative estimate of drug-likeness (QED) is 0.532. The molecule has 0 saturated heterocycles. The Morgan fingerprint density at radius 2 is 1.41 bits per heavy atom. The molecule has 0 spiro atoms. The smallest absolute Gasteiger partial charge is 0.358 e. The van der Waals surface area contributed by atoms with Crippen molar-refractivity contribution in [2.24, 2.45) is 0 Å². The summed E-state index contributed by atoms with van der Waals surface area (Å²) in [4.78, 5) is 10.2. The van der Waals surface area contributed by atoms with Crippen LogP contribution >= 0.6 is 0 Å². The number of hydrogen-bond acceptors (Lipinski definition) is 2. The molecule has 0 aliphatic rings. The summed E-state index contributed by atoms with van der Waals surface area (Å²) in [5.74, 6) is -1.16. The predicted octanol–water partition coefficient (Wildman–Crippen LogP) is 3.62. The second-order valence-corrected chi connectivity index (χ2v) is 4.85. The van der Waals surface area contributed by atoms with Gasteiger partial charge in [0.25, 0.3) is 0 Å². The molecule has 0 aromatic carbocycles. The zero-order valence-electron chi connectivity index (χ0n) is 11.1. The summed E-state index contributed by atoms with van der Waals surface area (Å²) in [7, 11) is 0. The number of unbranched alkanes of at least 4 members (excludes halogenated alkanes) is 8. The molecule has 3 heteroatoms. The van der Waals surface area contributed by atoms with E-state index in [-0.39, 0.29) is 6.42 Å². The second-order valence-electron chi connectivity index (χ2n) is 4.85. The Balaban J connectivity index is 3.10. The zero-order chi connectivity index (χ0) is 12.9. The Bertz CT molecular complexity index is 180. The summed E-state index contributed by atoms with van der Waals surface area (Å²) in [5.41, 5.74) is 0. The molecule has 3 nitrogen and oxygen atoms in total. The molecule has 0 saturated carbocycles. The Morgan fingerprint density at radius 3 is 1.88 bits per heavy atom. The number of aliphatic hydroxyl groups excluding tert-OH is 1. The van der Waals surface area contributed by atoms with Crippen LogP contribution < -0.4 is 0 Å². The van der Waals surface area contributed by atoms with E-state index in [1.54, 1.807) is 0 Å². The minimum Gasteiger partial charge on any atom is -0.393 e. The highest BCUT2D eigenvalue weighted by molar-refractivity contribution is 5.66. The summed E-state index contributed by atoms with van der Waals surface area (Å²) < 4.78 is 0. The molecule has 0 aliphatic heterocycles. The van der Waals surface area contributed by atoms with Gasteiger partial charge >= 0.3 is 5.97 Å². The maximum Gasteiger partial charge on any atom is 0.358 e. The number of aliphatic hydroxyl groups is 1. The lowest BCUT2D eigenvalue weighted by atomic mass is 10.0. The van der Waals surface area contributed by atoms with Crippen LogP contribution in [0.25, 0.3) is 0 Å². The fourth-order valence-electron chi connectivity index (χ4n) is 1.99. The molecule has 0 fully saturated rings. The fourth-order valence-corrected chi connectivity index (χ4v) is 1.99. The van der Waals surface area contributed by atoms with Gasteiger partial charge in [-0.15, -0.1) is 0 Å². The normalized spacial score (nSPS) is 12.6. The molecule has 0 aromatic rings. The van der Waals surface area contributed by atoms with Crippen LogP contribution in [0, 0.1) is 0 Å². The molecular formula is C14H27O3. The number of carbonyl (C=O) groups is 1. The molecule has 101 valence electrons. The van der Waals surface area contributed by atoms with Gasteiger partial charge in [0.2, 0.25) is 0 Å². The van der Waals surface area contributed by atoms with Crippen LogP contribution in [0.4, 0.5) is 0 Å². The number of carbonyl (C=O) groups excluding carboxylic acids is 1. The molecule has 0 aliphatic carbocycles. The van der Waals surface area contributed by atoms with Crippen molar-refractivity contribution in [2.45, 2.75) is 83.7 Å². The van der Waals surface area contributed by atoms with Gasteiger partial charge in [-0.3, -0.25) is 0 Å². The minimum absolute atomic E-state index is 0.225. The van der Waals surface area contributed by atoms with E-state index in [2.05, 4.69) is 6.92 Å². The highest BCUT2D eigenvalue weighted by atomic mass is 16.4. The van der Waals surface area contributed by atoms with Gasteiger partial charge in [0.05, 0.1) is 12.5 Å². The summed E-state index contributed by atoms with van der Waals surface area (Å²) in [5, 5.41) is 19.5. The van der Waals surface area contributed by atoms with Gasteiger partial charge in [-0.1, -0.05) is 64.7 Å². The predicted molar refractivity (Wildman–Crippen MR) is 68.2 cm³/mol. The first-order chi connectivity index (χ1) is 8.16. The van der Waals surface area contributed by atoms with Crippen LogP contribution in [0.1, 0.15) is 77.6 Å². The Morgan fingerprint density at radius 1 is 0.941 bits per heavy atom. The maximum atomic E-state index is 10.2. The van der Waals surface area contributed by atoms with Crippen molar-refractivity contribution in [2.75, 3.05) is 0 Å². The molecule has 1 N–H and O–H groups in total. The summed E-state index contributed by atoms with van der Waals surface area (Å²) >= 11 is 0. The van der Waals surface area contributed by atoms with E-state index in [1.165, 1.54) is 44.9 Å². The van der Waals surface area contributed by atoms with Gasteiger partial charge in [0, 0.05) is 0 Å². The molecule has 0 amide bonds. The summed E-state index contributed by atoms with van der Waals surface area (Å²) in [6, 6.07) is 0. The number of hydrogen-bond donors (Lipinski definition) is 1. The monoisotopic (exact) mass is 243 g/mol. The Labute approximate surface area is 105 Å². The molecular weight excluding hydrogens is 216 g/mol. The topological polar surface area (TPSA) is 57.2 Å². The molecule has 0 unspecified atom stereocenters. The van der Waals surface area contributed by atoms with Crippen molar-refractivity contribution in [3.05, 3.63) is 0 Å². The molecule has 1 atom stereocenters. The van der Waals surface area contributed by atoms with Crippen molar-refractivity contribution in [3.63, 3.8) is 0 Å². The van der Waals surface area contributed by atoms with Crippen molar-refractivity contribution in [1.29, 1.82) is 0 Å². The number of rotatable bonds is 12. The highest BCUT2D eigenvalue weighted by Crippen LogP contribution is 2.12. The fraction of sp³-hybridized carbons (Fsp3) is 0.929.